The molecule has 1 aliphatic carbocycles. The molecule has 1 saturated heterocycles. The number of rotatable bonds is 3. The van der Waals surface area contributed by atoms with E-state index in [1.54, 1.807) is 0 Å². The molecule has 4 rings (SSSR count). The Labute approximate surface area is 205 Å². The number of nitrogens with one attached hydrogen (secondary N) is 1. The van der Waals surface area contributed by atoms with E-state index < -0.39 is 5.60 Å². The van der Waals surface area contributed by atoms with Gasteiger partial charge in [-0.05, 0) is 86.6 Å². The molecular formula is C29H41N3O2. The minimum Gasteiger partial charge on any atom is -0.444 e. The van der Waals surface area contributed by atoms with Crippen LogP contribution in [0.1, 0.15) is 85.3 Å². The molecule has 2 aliphatic rings. The largest absolute Gasteiger partial charge is 0.444 e. The van der Waals surface area contributed by atoms with Crippen LogP contribution >= 0.6 is 0 Å². The maximum Gasteiger partial charge on any atom is 0.407 e. The summed E-state index contributed by atoms with van der Waals surface area (Å²) in [5.74, 6) is 0.963. The fraction of sp³-hybridized carbons (Fsp3) is 0.586. The number of nitrogens with zero attached hydrogens (tertiary/aromatic N) is 2. The first-order valence-electron chi connectivity index (χ1n) is 12.7. The summed E-state index contributed by atoms with van der Waals surface area (Å²) >= 11 is 0. The molecule has 1 aliphatic heterocycles. The second kappa shape index (κ2) is 8.90. The van der Waals surface area contributed by atoms with Crippen LogP contribution in [-0.2, 0) is 15.6 Å². The highest BCUT2D eigenvalue weighted by molar-refractivity contribution is 5.68. The number of amides is 1. The quantitative estimate of drug-likeness (QED) is 0.558. The van der Waals surface area contributed by atoms with E-state index in [0.29, 0.717) is 0 Å². The molecule has 2 heterocycles. The lowest BCUT2D eigenvalue weighted by Gasteiger charge is -2.42. The first-order chi connectivity index (χ1) is 15.8. The standard InChI is InChI=1S/C29H41N3O2/c1-27(2,3)34-26(33)30-21-10-9-17-32(19-21)25-12-8-11-24(31-25)20-13-14-22-23(18-20)29(6,7)16-15-28(22,4)5/h8,11-14,18,21H,9-10,15-17,19H2,1-7H3,(H,30,33). The summed E-state index contributed by atoms with van der Waals surface area (Å²) in [5, 5.41) is 3.04. The molecule has 184 valence electrons. The van der Waals surface area contributed by atoms with E-state index in [1.165, 1.54) is 29.5 Å². The number of hydrogen-bond acceptors (Lipinski definition) is 4. The van der Waals surface area contributed by atoms with Crippen LogP contribution in [-0.4, -0.2) is 35.8 Å². The molecule has 1 amide bonds. The third-order valence-corrected chi connectivity index (χ3v) is 7.35. The van der Waals surface area contributed by atoms with Crippen LogP contribution in [0.4, 0.5) is 10.6 Å². The smallest absolute Gasteiger partial charge is 0.407 e. The molecule has 1 aromatic heterocycles. The maximum atomic E-state index is 12.3. The fourth-order valence-corrected chi connectivity index (χ4v) is 5.29. The maximum absolute atomic E-state index is 12.3. The molecule has 1 aromatic carbocycles. The number of alkyl carbamates (subject to hydrolysis) is 1. The number of benzene rings is 1. The second-order valence-corrected chi connectivity index (χ2v) is 12.3. The van der Waals surface area contributed by atoms with Crippen molar-refractivity contribution in [2.75, 3.05) is 18.0 Å². The monoisotopic (exact) mass is 463 g/mol. The molecule has 5 nitrogen and oxygen atoms in total. The van der Waals surface area contributed by atoms with E-state index in [2.05, 4.69) is 74.3 Å². The molecule has 2 aromatic rings. The minimum atomic E-state index is -0.493. The van der Waals surface area contributed by atoms with Gasteiger partial charge in [0.1, 0.15) is 11.4 Å². The number of aromatic nitrogens is 1. The molecule has 0 bridgehead atoms. The molecule has 1 N–H and O–H groups in total. The highest BCUT2D eigenvalue weighted by Gasteiger charge is 2.37. The summed E-state index contributed by atoms with van der Waals surface area (Å²) in [6, 6.07) is 13.2. The predicted octanol–water partition coefficient (Wildman–Crippen LogP) is 6.59. The number of pyridine rings is 1. The Balaban J connectivity index is 1.54. The van der Waals surface area contributed by atoms with Crippen molar-refractivity contribution in [3.63, 3.8) is 0 Å². The van der Waals surface area contributed by atoms with Gasteiger partial charge in [0, 0.05) is 24.7 Å². The summed E-state index contributed by atoms with van der Waals surface area (Å²) in [5.41, 5.74) is 4.99. The van der Waals surface area contributed by atoms with Gasteiger partial charge in [0.2, 0.25) is 0 Å². The van der Waals surface area contributed by atoms with Gasteiger partial charge in [-0.2, -0.15) is 0 Å². The summed E-state index contributed by atoms with van der Waals surface area (Å²) in [4.78, 5) is 19.6. The zero-order chi connectivity index (χ0) is 24.7. The van der Waals surface area contributed by atoms with Crippen molar-refractivity contribution in [3.8, 4) is 11.3 Å². The average molecular weight is 464 g/mol. The molecule has 0 radical (unpaired) electrons. The van der Waals surface area contributed by atoms with Gasteiger partial charge in [0.05, 0.1) is 5.69 Å². The minimum absolute atomic E-state index is 0.0563. The molecule has 0 spiro atoms. The number of hydrogen-bond donors (Lipinski definition) is 1. The Hall–Kier alpha value is -2.56. The van der Waals surface area contributed by atoms with E-state index in [4.69, 9.17) is 9.72 Å². The summed E-state index contributed by atoms with van der Waals surface area (Å²) in [6.07, 6.45) is 4.03. The SMILES string of the molecule is CC(C)(C)OC(=O)NC1CCCN(c2cccc(-c3ccc4c(c3)C(C)(C)CCC4(C)C)n2)C1. The molecule has 5 heteroatoms. The van der Waals surface area contributed by atoms with E-state index in [0.717, 1.165) is 37.4 Å². The number of carbonyl (C=O) groups is 1. The van der Waals surface area contributed by atoms with Gasteiger partial charge in [-0.3, -0.25) is 0 Å². The third kappa shape index (κ3) is 5.39. The van der Waals surface area contributed by atoms with E-state index in [-0.39, 0.29) is 23.0 Å². The van der Waals surface area contributed by atoms with Crippen molar-refractivity contribution in [3.05, 3.63) is 47.5 Å². The van der Waals surface area contributed by atoms with E-state index in [9.17, 15) is 4.79 Å². The van der Waals surface area contributed by atoms with Gasteiger partial charge < -0.3 is 15.0 Å². The van der Waals surface area contributed by atoms with Crippen molar-refractivity contribution < 1.29 is 9.53 Å². The summed E-state index contributed by atoms with van der Waals surface area (Å²) in [7, 11) is 0. The third-order valence-electron chi connectivity index (χ3n) is 7.35. The van der Waals surface area contributed by atoms with Gasteiger partial charge in [0.25, 0.3) is 0 Å². The van der Waals surface area contributed by atoms with Gasteiger partial charge in [-0.1, -0.05) is 45.9 Å². The van der Waals surface area contributed by atoms with Crippen LogP contribution in [0.25, 0.3) is 11.3 Å². The van der Waals surface area contributed by atoms with Crippen molar-refractivity contribution in [2.24, 2.45) is 0 Å². The number of ether oxygens (including phenoxy) is 1. The van der Waals surface area contributed by atoms with Gasteiger partial charge in [-0.25, -0.2) is 9.78 Å². The molecule has 1 fully saturated rings. The second-order valence-electron chi connectivity index (χ2n) is 12.3. The summed E-state index contributed by atoms with van der Waals surface area (Å²) < 4.78 is 5.45. The van der Waals surface area contributed by atoms with Crippen LogP contribution in [0.3, 0.4) is 0 Å². The Kier molecular flexibility index (Phi) is 6.43. The molecular weight excluding hydrogens is 422 g/mol. The average Bonchev–Trinajstić information content (AvgIpc) is 2.76. The van der Waals surface area contributed by atoms with Crippen LogP contribution in [0.2, 0.25) is 0 Å². The zero-order valence-corrected chi connectivity index (χ0v) is 22.0. The Morgan fingerprint density at radius 3 is 2.47 bits per heavy atom. The van der Waals surface area contributed by atoms with Gasteiger partial charge in [-0.15, -0.1) is 0 Å². The molecule has 1 atom stereocenters. The van der Waals surface area contributed by atoms with Crippen molar-refractivity contribution in [2.45, 2.75) is 96.6 Å². The lowest BCUT2D eigenvalue weighted by molar-refractivity contribution is 0.0500. The predicted molar refractivity (Wildman–Crippen MR) is 140 cm³/mol. The number of carbonyl (C=O) groups excluding carboxylic acids is 1. The first kappa shape index (κ1) is 24.6. The van der Waals surface area contributed by atoms with Crippen LogP contribution in [0, 0.1) is 0 Å². The molecule has 1 unspecified atom stereocenters. The highest BCUT2D eigenvalue weighted by atomic mass is 16.6. The van der Waals surface area contributed by atoms with Crippen LogP contribution in [0.5, 0.6) is 0 Å². The van der Waals surface area contributed by atoms with Crippen LogP contribution in [0.15, 0.2) is 36.4 Å². The molecule has 34 heavy (non-hydrogen) atoms. The van der Waals surface area contributed by atoms with E-state index in [1.807, 2.05) is 20.8 Å². The Morgan fingerprint density at radius 2 is 1.76 bits per heavy atom. The Morgan fingerprint density at radius 1 is 1.06 bits per heavy atom. The Bertz CT molecular complexity index is 1050. The highest BCUT2D eigenvalue weighted by Crippen LogP contribution is 2.46. The fourth-order valence-electron chi connectivity index (χ4n) is 5.29. The lowest BCUT2D eigenvalue weighted by Crippen LogP contribution is -2.49. The van der Waals surface area contributed by atoms with Gasteiger partial charge >= 0.3 is 6.09 Å². The van der Waals surface area contributed by atoms with E-state index >= 15 is 0 Å². The number of anilines is 1. The van der Waals surface area contributed by atoms with Crippen molar-refractivity contribution >= 4 is 11.9 Å². The normalized spacial score (nSPS) is 21.5. The molecule has 0 saturated carbocycles. The first-order valence-corrected chi connectivity index (χ1v) is 12.7. The lowest BCUT2D eigenvalue weighted by atomic mass is 9.63. The number of piperidine rings is 1. The van der Waals surface area contributed by atoms with Gasteiger partial charge in [0.15, 0.2) is 0 Å². The van der Waals surface area contributed by atoms with Crippen molar-refractivity contribution in [1.82, 2.24) is 10.3 Å². The zero-order valence-electron chi connectivity index (χ0n) is 22.0. The van der Waals surface area contributed by atoms with Crippen molar-refractivity contribution in [1.29, 1.82) is 0 Å². The summed E-state index contributed by atoms with van der Waals surface area (Å²) in [6.45, 7) is 16.8. The van der Waals surface area contributed by atoms with Crippen LogP contribution < -0.4 is 10.2 Å². The topological polar surface area (TPSA) is 54.5 Å². The number of fused-ring (bicyclic) bond motifs is 1.